The van der Waals surface area contributed by atoms with Crippen molar-refractivity contribution in [2.24, 2.45) is 0 Å². The van der Waals surface area contributed by atoms with Gasteiger partial charge in [0.15, 0.2) is 6.10 Å². The number of carbonyl (C=O) groups is 4. The highest BCUT2D eigenvalue weighted by Gasteiger charge is 2.41. The van der Waals surface area contributed by atoms with Gasteiger partial charge < -0.3 is 35.2 Å². The van der Waals surface area contributed by atoms with Crippen molar-refractivity contribution in [2.45, 2.75) is 18.2 Å². The molecule has 12 heteroatoms. The minimum atomic E-state index is -1.26. The van der Waals surface area contributed by atoms with Crippen molar-refractivity contribution < 1.29 is 49.4 Å². The molecule has 1 saturated heterocycles. The number of hydrogen-bond acceptors (Lipinski definition) is 8. The Morgan fingerprint density at radius 2 is 1.18 bits per heavy atom. The molecule has 1 fully saturated rings. The maximum atomic E-state index is 11.2. The van der Waals surface area contributed by atoms with Crippen molar-refractivity contribution in [1.29, 1.82) is 0 Å². The van der Waals surface area contributed by atoms with Crippen molar-refractivity contribution in [1.82, 2.24) is 9.80 Å². The first-order valence-electron chi connectivity index (χ1n) is 12.2. The van der Waals surface area contributed by atoms with E-state index in [2.05, 4.69) is 22.9 Å². The quantitative estimate of drug-likeness (QED) is 0.326. The summed E-state index contributed by atoms with van der Waals surface area (Å²) in [5, 5.41) is 42.4. The van der Waals surface area contributed by atoms with Crippen LogP contribution in [0, 0.1) is 0 Å². The molecule has 0 aliphatic carbocycles. The van der Waals surface area contributed by atoms with Gasteiger partial charge in [0.05, 0.1) is 6.04 Å². The average molecular weight is 557 g/mol. The van der Waals surface area contributed by atoms with Crippen LogP contribution in [0.2, 0.25) is 0 Å². The van der Waals surface area contributed by atoms with Crippen LogP contribution in [0.3, 0.4) is 0 Å². The van der Waals surface area contributed by atoms with Crippen LogP contribution in [0.15, 0.2) is 78.9 Å². The van der Waals surface area contributed by atoms with Gasteiger partial charge in [-0.05, 0) is 18.7 Å². The van der Waals surface area contributed by atoms with E-state index in [0.29, 0.717) is 24.3 Å². The molecular weight excluding hydrogens is 524 g/mol. The molecule has 0 saturated carbocycles. The van der Waals surface area contributed by atoms with E-state index in [-0.39, 0.29) is 12.1 Å². The fourth-order valence-electron chi connectivity index (χ4n) is 4.09. The number of rotatable bonds is 6. The molecule has 0 bridgehead atoms. The molecule has 0 spiro atoms. The fraction of sp³-hybridized carbons (Fsp3) is 0.286. The Hall–Kier alpha value is -4.52. The molecule has 12 nitrogen and oxygen atoms in total. The third-order valence-corrected chi connectivity index (χ3v) is 5.92. The topological polar surface area (TPSA) is 185 Å². The highest BCUT2D eigenvalue weighted by atomic mass is 16.5. The van der Waals surface area contributed by atoms with E-state index in [1.807, 2.05) is 48.5 Å². The highest BCUT2D eigenvalue weighted by Crippen LogP contribution is 2.43. The molecule has 40 heavy (non-hydrogen) atoms. The predicted molar refractivity (Wildman–Crippen MR) is 143 cm³/mol. The highest BCUT2D eigenvalue weighted by molar-refractivity contribution is 5.90. The Morgan fingerprint density at radius 1 is 0.725 bits per heavy atom. The molecular formula is C28H32N2O10. The smallest absolute Gasteiger partial charge is 0.328 e. The van der Waals surface area contributed by atoms with Crippen molar-refractivity contribution >= 4 is 23.9 Å². The number of benzene rings is 2. The first kappa shape index (κ1) is 31.7. The Morgan fingerprint density at radius 3 is 1.65 bits per heavy atom. The number of likely N-dealkylation sites (N-methyl/N-ethyl adjacent to an activating group) is 1. The number of fused-ring (bicyclic) bond motifs is 1. The SMILES string of the molecule is CN1CCN([C@H]2c3ccccc3O[C@@H](c3ccccc3)[C@@H]2O)CC1.O=C(O)/C=C\C(=O)O.O=C(O)/C=C\C(=O)O. The molecule has 0 amide bonds. The molecule has 0 radical (unpaired) electrons. The lowest BCUT2D eigenvalue weighted by molar-refractivity contribution is -0.134. The maximum Gasteiger partial charge on any atom is 0.328 e. The second-order valence-electron chi connectivity index (χ2n) is 8.78. The van der Waals surface area contributed by atoms with Crippen molar-refractivity contribution in [3.05, 3.63) is 90.0 Å². The molecule has 2 aliphatic heterocycles. The number of carboxylic acids is 4. The van der Waals surface area contributed by atoms with E-state index in [1.54, 1.807) is 0 Å². The van der Waals surface area contributed by atoms with Gasteiger partial charge in [0.1, 0.15) is 11.9 Å². The third kappa shape index (κ3) is 10.3. The Bertz CT molecular complexity index is 1140. The standard InChI is InChI=1S/C20H24N2O2.2C4H4O4/c1-21-11-13-22(14-12-21)18-16-9-5-6-10-17(16)24-20(19(18)23)15-7-3-2-4-8-15;2*5-3(6)1-2-4(7)8/h2-10,18-20,23H,11-14H2,1H3;2*1-2H,(H,5,6)(H,7,8)/b;2*2-1-/t18-,19+,20-;;/m0../s1. The number of carboxylic acid groups (broad SMARTS) is 4. The van der Waals surface area contributed by atoms with Crippen LogP contribution in [0.5, 0.6) is 5.75 Å². The van der Waals surface area contributed by atoms with Crippen LogP contribution >= 0.6 is 0 Å². The summed E-state index contributed by atoms with van der Waals surface area (Å²) < 4.78 is 6.19. The van der Waals surface area contributed by atoms with E-state index in [1.165, 1.54) is 0 Å². The summed E-state index contributed by atoms with van der Waals surface area (Å²) in [4.78, 5) is 43.0. The van der Waals surface area contributed by atoms with Gasteiger partial charge in [0, 0.05) is 56.0 Å². The molecule has 3 atom stereocenters. The van der Waals surface area contributed by atoms with Gasteiger partial charge in [0.25, 0.3) is 0 Å². The van der Waals surface area contributed by atoms with E-state index >= 15 is 0 Å². The van der Waals surface area contributed by atoms with Gasteiger partial charge in [-0.3, -0.25) is 4.90 Å². The maximum absolute atomic E-state index is 11.2. The van der Waals surface area contributed by atoms with Gasteiger partial charge in [-0.1, -0.05) is 48.5 Å². The lowest BCUT2D eigenvalue weighted by atomic mass is 9.88. The predicted octanol–water partition coefficient (Wildman–Crippen LogP) is 1.89. The van der Waals surface area contributed by atoms with E-state index in [0.717, 1.165) is 43.1 Å². The molecule has 2 heterocycles. The van der Waals surface area contributed by atoms with Gasteiger partial charge >= 0.3 is 23.9 Å². The number of aliphatic hydroxyl groups excluding tert-OH is 1. The number of hydrogen-bond donors (Lipinski definition) is 5. The van der Waals surface area contributed by atoms with E-state index in [4.69, 9.17) is 25.2 Å². The Balaban J connectivity index is 0.000000290. The number of aliphatic hydroxyl groups is 1. The molecule has 214 valence electrons. The molecule has 2 aliphatic rings. The lowest BCUT2D eigenvalue weighted by Gasteiger charge is -2.45. The summed E-state index contributed by atoms with van der Waals surface area (Å²) in [7, 11) is 2.15. The monoisotopic (exact) mass is 556 g/mol. The summed E-state index contributed by atoms with van der Waals surface area (Å²) in [6.45, 7) is 3.99. The minimum Gasteiger partial charge on any atom is -0.483 e. The van der Waals surface area contributed by atoms with Crippen molar-refractivity contribution in [3.63, 3.8) is 0 Å². The van der Waals surface area contributed by atoms with Crippen LogP contribution in [0.4, 0.5) is 0 Å². The second kappa shape index (κ2) is 15.8. The van der Waals surface area contributed by atoms with Gasteiger partial charge in [-0.25, -0.2) is 19.2 Å². The second-order valence-corrected chi connectivity index (χ2v) is 8.78. The molecule has 0 aromatic heterocycles. The van der Waals surface area contributed by atoms with Crippen molar-refractivity contribution in [2.75, 3.05) is 33.2 Å². The molecule has 2 aromatic rings. The summed E-state index contributed by atoms with van der Waals surface area (Å²) >= 11 is 0. The average Bonchev–Trinajstić information content (AvgIpc) is 2.92. The van der Waals surface area contributed by atoms with E-state index in [9.17, 15) is 24.3 Å². The van der Waals surface area contributed by atoms with Gasteiger partial charge in [0.2, 0.25) is 0 Å². The number of nitrogens with zero attached hydrogens (tertiary/aromatic N) is 2. The van der Waals surface area contributed by atoms with Gasteiger partial charge in [-0.2, -0.15) is 0 Å². The minimum absolute atomic E-state index is 0.0196. The van der Waals surface area contributed by atoms with Crippen LogP contribution in [0.25, 0.3) is 0 Å². The van der Waals surface area contributed by atoms with Gasteiger partial charge in [-0.15, -0.1) is 0 Å². The fourth-order valence-corrected chi connectivity index (χ4v) is 4.09. The summed E-state index contributed by atoms with van der Waals surface area (Å²) in [6, 6.07) is 18.2. The van der Waals surface area contributed by atoms with Crippen LogP contribution in [-0.4, -0.2) is 98.5 Å². The summed E-state index contributed by atoms with van der Waals surface area (Å²) in [5.74, 6) is -4.14. The zero-order chi connectivity index (χ0) is 29.7. The largest absolute Gasteiger partial charge is 0.483 e. The zero-order valence-corrected chi connectivity index (χ0v) is 21.7. The molecule has 4 rings (SSSR count). The normalized spacial score (nSPS) is 20.7. The third-order valence-electron chi connectivity index (χ3n) is 5.92. The zero-order valence-electron chi connectivity index (χ0n) is 21.7. The first-order valence-corrected chi connectivity index (χ1v) is 12.2. The number of ether oxygens (including phenoxy) is 1. The molecule has 2 aromatic carbocycles. The van der Waals surface area contributed by atoms with E-state index < -0.39 is 30.0 Å². The Kier molecular flexibility index (Phi) is 12.5. The van der Waals surface area contributed by atoms with Crippen LogP contribution in [-0.2, 0) is 19.2 Å². The number of piperazine rings is 1. The lowest BCUT2D eigenvalue weighted by Crippen LogP contribution is -2.51. The summed E-state index contributed by atoms with van der Waals surface area (Å²) in [5.41, 5.74) is 2.13. The van der Waals surface area contributed by atoms with Crippen LogP contribution in [0.1, 0.15) is 23.3 Å². The molecule has 0 unspecified atom stereocenters. The Labute approximate surface area is 230 Å². The molecule has 5 N–H and O–H groups in total. The van der Waals surface area contributed by atoms with Crippen LogP contribution < -0.4 is 4.74 Å². The number of aliphatic carboxylic acids is 4. The summed E-state index contributed by atoms with van der Waals surface area (Å²) in [6.07, 6.45) is 1.33. The first-order chi connectivity index (χ1) is 19.0. The number of para-hydroxylation sites is 1. The van der Waals surface area contributed by atoms with Crippen molar-refractivity contribution in [3.8, 4) is 5.75 Å².